The van der Waals surface area contributed by atoms with Gasteiger partial charge in [-0.3, -0.25) is 9.89 Å². The number of hydrogen-bond acceptors (Lipinski definition) is 6. The lowest BCUT2D eigenvalue weighted by Gasteiger charge is -2.19. The number of carboxylic acid groups (broad SMARTS) is 1. The molecule has 0 aliphatic heterocycles. The van der Waals surface area contributed by atoms with Crippen molar-refractivity contribution in [1.82, 2.24) is 20.2 Å². The summed E-state index contributed by atoms with van der Waals surface area (Å²) in [5, 5.41) is 16.1. The Hall–Kier alpha value is -3.42. The zero-order valence-electron chi connectivity index (χ0n) is 18.9. The second-order valence-corrected chi connectivity index (χ2v) is 7.29. The number of aliphatic carboxylic acids is 1. The third-order valence-electron chi connectivity index (χ3n) is 4.45. The maximum absolute atomic E-state index is 11.2. The van der Waals surface area contributed by atoms with Gasteiger partial charge in [0.15, 0.2) is 5.82 Å². The number of aryl methyl sites for hydroxylation is 1. The fourth-order valence-corrected chi connectivity index (χ4v) is 2.60. The maximum Gasteiger partial charge on any atom is 0.335 e. The lowest BCUT2D eigenvalue weighted by Crippen LogP contribution is -2.30. The highest BCUT2D eigenvalue weighted by molar-refractivity contribution is 5.73. The van der Waals surface area contributed by atoms with E-state index in [1.54, 1.807) is 20.0 Å². The van der Waals surface area contributed by atoms with Crippen LogP contribution >= 0.6 is 0 Å². The van der Waals surface area contributed by atoms with Gasteiger partial charge in [0.25, 0.3) is 0 Å². The van der Waals surface area contributed by atoms with Gasteiger partial charge in [0.2, 0.25) is 5.88 Å². The van der Waals surface area contributed by atoms with Gasteiger partial charge >= 0.3 is 12.0 Å². The van der Waals surface area contributed by atoms with E-state index >= 15 is 0 Å². The van der Waals surface area contributed by atoms with Crippen molar-refractivity contribution in [3.63, 3.8) is 0 Å². The number of benzene rings is 1. The Labute approximate surface area is 182 Å². The molecule has 2 aromatic heterocycles. The third kappa shape index (κ3) is 6.04. The summed E-state index contributed by atoms with van der Waals surface area (Å²) in [6.07, 6.45) is 1.73. The van der Waals surface area contributed by atoms with E-state index in [9.17, 15) is 9.90 Å². The number of rotatable bonds is 8. The maximum atomic E-state index is 11.2. The van der Waals surface area contributed by atoms with Gasteiger partial charge in [0.1, 0.15) is 6.61 Å². The first-order valence-corrected chi connectivity index (χ1v) is 10.3. The fourth-order valence-electron chi connectivity index (χ4n) is 2.60. The molecule has 0 saturated heterocycles. The van der Waals surface area contributed by atoms with Gasteiger partial charge < -0.3 is 14.6 Å². The molecule has 0 spiro atoms. The van der Waals surface area contributed by atoms with E-state index < -0.39 is 11.4 Å². The Morgan fingerprint density at radius 1 is 1.13 bits per heavy atom. The molecule has 0 fully saturated rings. The van der Waals surface area contributed by atoms with Crippen molar-refractivity contribution in [3.05, 3.63) is 42.1 Å². The average Bonchev–Trinajstić information content (AvgIpc) is 3.23. The molecule has 1 aromatic carbocycles. The van der Waals surface area contributed by atoms with Gasteiger partial charge in [0, 0.05) is 23.4 Å². The molecule has 2 N–H and O–H groups in total. The van der Waals surface area contributed by atoms with E-state index in [0.717, 1.165) is 22.3 Å². The molecule has 31 heavy (non-hydrogen) atoms. The molecule has 0 aliphatic carbocycles. The number of nitrogens with zero attached hydrogens (tertiary/aromatic N) is 3. The van der Waals surface area contributed by atoms with Crippen LogP contribution in [0.1, 0.15) is 40.2 Å². The van der Waals surface area contributed by atoms with Crippen LogP contribution in [0.5, 0.6) is 11.9 Å². The molecule has 0 aliphatic rings. The minimum atomic E-state index is -0.979. The SMILES string of the molecule is CC.CCOc1n[nH]c(-c2ccc(-c3cnc(OCC(C)(C)C(=O)O)cc3C)cc2)n1. The third-order valence-corrected chi connectivity index (χ3v) is 4.45. The van der Waals surface area contributed by atoms with Gasteiger partial charge in [0.05, 0.1) is 12.0 Å². The average molecular weight is 427 g/mol. The summed E-state index contributed by atoms with van der Waals surface area (Å²) in [5.74, 6) is 0.132. The Kier molecular flexibility index (Phi) is 8.13. The van der Waals surface area contributed by atoms with Crippen molar-refractivity contribution >= 4 is 5.97 Å². The Balaban J connectivity index is 0.00000166. The predicted molar refractivity (Wildman–Crippen MR) is 119 cm³/mol. The van der Waals surface area contributed by atoms with E-state index in [0.29, 0.717) is 24.3 Å². The summed E-state index contributed by atoms with van der Waals surface area (Å²) in [6, 6.07) is 10.0. The molecular formula is C23H30N4O4. The molecule has 0 saturated carbocycles. The first-order chi connectivity index (χ1) is 14.8. The predicted octanol–water partition coefficient (Wildman–Crippen LogP) is 4.76. The summed E-state index contributed by atoms with van der Waals surface area (Å²) < 4.78 is 10.9. The number of carbonyl (C=O) groups is 1. The van der Waals surface area contributed by atoms with Crippen LogP contribution < -0.4 is 9.47 Å². The molecule has 3 rings (SSSR count). The minimum Gasteiger partial charge on any atom is -0.481 e. The molecule has 166 valence electrons. The van der Waals surface area contributed by atoms with Crippen LogP contribution in [-0.4, -0.2) is 44.5 Å². The highest BCUT2D eigenvalue weighted by atomic mass is 16.5. The Bertz CT molecular complexity index is 997. The van der Waals surface area contributed by atoms with Crippen LogP contribution in [0, 0.1) is 12.3 Å². The molecule has 2 heterocycles. The normalized spacial score (nSPS) is 10.8. The van der Waals surface area contributed by atoms with E-state index in [-0.39, 0.29) is 6.61 Å². The number of pyridine rings is 1. The first kappa shape index (κ1) is 23.9. The fraction of sp³-hybridized carbons (Fsp3) is 0.391. The summed E-state index contributed by atoms with van der Waals surface area (Å²) in [7, 11) is 0. The zero-order valence-corrected chi connectivity index (χ0v) is 18.9. The van der Waals surface area contributed by atoms with Crippen LogP contribution in [0.3, 0.4) is 0 Å². The minimum absolute atomic E-state index is 0.0454. The molecular weight excluding hydrogens is 396 g/mol. The van der Waals surface area contributed by atoms with E-state index in [1.165, 1.54) is 0 Å². The topological polar surface area (TPSA) is 110 Å². The van der Waals surface area contributed by atoms with E-state index in [2.05, 4.69) is 20.2 Å². The van der Waals surface area contributed by atoms with Crippen LogP contribution in [-0.2, 0) is 4.79 Å². The largest absolute Gasteiger partial charge is 0.481 e. The van der Waals surface area contributed by atoms with Gasteiger partial charge in [-0.25, -0.2) is 4.98 Å². The quantitative estimate of drug-likeness (QED) is 0.534. The van der Waals surface area contributed by atoms with Crippen molar-refractivity contribution < 1.29 is 19.4 Å². The number of H-pyrrole nitrogens is 1. The van der Waals surface area contributed by atoms with Gasteiger partial charge in [-0.2, -0.15) is 4.98 Å². The van der Waals surface area contributed by atoms with E-state index in [4.69, 9.17) is 9.47 Å². The second kappa shape index (κ2) is 10.6. The molecule has 0 atom stereocenters. The van der Waals surface area contributed by atoms with Crippen LogP contribution in [0.2, 0.25) is 0 Å². The zero-order chi connectivity index (χ0) is 23.0. The van der Waals surface area contributed by atoms with Crippen molar-refractivity contribution in [2.45, 2.75) is 41.5 Å². The second-order valence-electron chi connectivity index (χ2n) is 7.29. The molecule has 0 bridgehead atoms. The number of aromatic nitrogens is 4. The summed E-state index contributed by atoms with van der Waals surface area (Å²) >= 11 is 0. The molecule has 0 amide bonds. The molecule has 8 heteroatoms. The number of ether oxygens (including phenoxy) is 2. The summed E-state index contributed by atoms with van der Waals surface area (Å²) in [5.41, 5.74) is 2.87. The smallest absolute Gasteiger partial charge is 0.335 e. The van der Waals surface area contributed by atoms with Crippen molar-refractivity contribution in [2.24, 2.45) is 5.41 Å². The lowest BCUT2D eigenvalue weighted by molar-refractivity contribution is -0.148. The molecule has 3 aromatic rings. The lowest BCUT2D eigenvalue weighted by atomic mass is 9.95. The summed E-state index contributed by atoms with van der Waals surface area (Å²) in [6.45, 7) is 11.6. The van der Waals surface area contributed by atoms with Crippen LogP contribution in [0.25, 0.3) is 22.5 Å². The monoisotopic (exact) mass is 426 g/mol. The number of nitrogens with one attached hydrogen (secondary N) is 1. The Morgan fingerprint density at radius 3 is 2.35 bits per heavy atom. The van der Waals surface area contributed by atoms with Gasteiger partial charge in [-0.1, -0.05) is 38.1 Å². The van der Waals surface area contributed by atoms with Crippen LogP contribution in [0.15, 0.2) is 36.5 Å². The van der Waals surface area contributed by atoms with Crippen molar-refractivity contribution in [3.8, 4) is 34.4 Å². The van der Waals surface area contributed by atoms with E-state index in [1.807, 2.05) is 58.0 Å². The highest BCUT2D eigenvalue weighted by Gasteiger charge is 2.28. The molecule has 0 unspecified atom stereocenters. The molecule has 0 radical (unpaired) electrons. The Morgan fingerprint density at radius 2 is 1.77 bits per heavy atom. The standard InChI is InChI=1S/C21H24N4O4.C2H6/c1-5-28-20-23-18(24-25-20)15-8-6-14(7-9-15)16-11-22-17(10-13(16)2)29-12-21(3,4)19(26)27;1-2/h6-11H,5,12H2,1-4H3,(H,26,27)(H,23,24,25);1-2H3. The van der Waals surface area contributed by atoms with Crippen molar-refractivity contribution in [2.75, 3.05) is 13.2 Å². The molecule has 8 nitrogen and oxygen atoms in total. The highest BCUT2D eigenvalue weighted by Crippen LogP contribution is 2.28. The number of aromatic amines is 1. The summed E-state index contributed by atoms with van der Waals surface area (Å²) in [4.78, 5) is 19.8. The van der Waals surface area contributed by atoms with Gasteiger partial charge in [-0.05, 0) is 38.8 Å². The first-order valence-electron chi connectivity index (χ1n) is 10.3. The van der Waals surface area contributed by atoms with Gasteiger partial charge in [-0.15, -0.1) is 5.10 Å². The number of hydrogen-bond donors (Lipinski definition) is 2. The van der Waals surface area contributed by atoms with Crippen LogP contribution in [0.4, 0.5) is 0 Å². The van der Waals surface area contributed by atoms with Crippen molar-refractivity contribution in [1.29, 1.82) is 0 Å². The number of carboxylic acids is 1.